The highest BCUT2D eigenvalue weighted by molar-refractivity contribution is 5.75. The van der Waals surface area contributed by atoms with Gasteiger partial charge < -0.3 is 10.4 Å². The number of carbonyl (C=O) groups is 2. The summed E-state index contributed by atoms with van der Waals surface area (Å²) in [6.45, 7) is 8.24. The molecule has 24 heavy (non-hydrogen) atoms. The fourth-order valence-corrected chi connectivity index (χ4v) is 2.29. The second-order valence-corrected chi connectivity index (χ2v) is 6.26. The molecule has 2 unspecified atom stereocenters. The Labute approximate surface area is 145 Å². The minimum atomic E-state index is -1.04. The number of hydrogen-bond acceptors (Lipinski definition) is 6. The zero-order valence-electron chi connectivity index (χ0n) is 15.7. The van der Waals surface area contributed by atoms with Crippen LogP contribution in [-0.2, 0) is 19.4 Å². The first-order valence-corrected chi connectivity index (χ1v) is 8.86. The van der Waals surface area contributed by atoms with Crippen molar-refractivity contribution in [2.75, 3.05) is 20.2 Å². The van der Waals surface area contributed by atoms with E-state index in [1.807, 2.05) is 25.8 Å². The van der Waals surface area contributed by atoms with Crippen molar-refractivity contribution in [1.82, 2.24) is 10.2 Å². The largest absolute Gasteiger partial charge is 0.480 e. The van der Waals surface area contributed by atoms with Crippen molar-refractivity contribution in [2.24, 2.45) is 0 Å². The van der Waals surface area contributed by atoms with Crippen LogP contribution in [0, 0.1) is 0 Å². The molecule has 2 atom stereocenters. The van der Waals surface area contributed by atoms with Crippen LogP contribution < -0.4 is 5.32 Å². The van der Waals surface area contributed by atoms with Gasteiger partial charge in [0.25, 0.3) is 0 Å². The van der Waals surface area contributed by atoms with Gasteiger partial charge in [0.05, 0.1) is 0 Å². The van der Waals surface area contributed by atoms with E-state index in [9.17, 15) is 9.59 Å². The molecule has 0 radical (unpaired) electrons. The molecule has 0 aliphatic rings. The molecule has 0 spiro atoms. The van der Waals surface area contributed by atoms with Gasteiger partial charge in [-0.2, -0.15) is 4.89 Å². The molecule has 7 nitrogen and oxygen atoms in total. The molecular formula is C17H34N2O5. The Morgan fingerprint density at radius 3 is 2.33 bits per heavy atom. The quantitative estimate of drug-likeness (QED) is 0.283. The third kappa shape index (κ3) is 9.20. The molecule has 0 bridgehead atoms. The number of carbonyl (C=O) groups excluding carboxylic acids is 1. The van der Waals surface area contributed by atoms with Crippen LogP contribution in [0.1, 0.15) is 59.8 Å². The summed E-state index contributed by atoms with van der Waals surface area (Å²) in [5, 5.41) is 11.8. The van der Waals surface area contributed by atoms with Crippen molar-refractivity contribution in [3.8, 4) is 0 Å². The van der Waals surface area contributed by atoms with Gasteiger partial charge in [0.1, 0.15) is 18.7 Å². The van der Waals surface area contributed by atoms with Crippen LogP contribution in [0.15, 0.2) is 0 Å². The first-order chi connectivity index (χ1) is 11.3. The molecule has 0 saturated carbocycles. The first-order valence-electron chi connectivity index (χ1n) is 8.86. The van der Waals surface area contributed by atoms with E-state index in [1.54, 1.807) is 6.92 Å². The van der Waals surface area contributed by atoms with Crippen LogP contribution in [0.4, 0.5) is 0 Å². The summed E-state index contributed by atoms with van der Waals surface area (Å²) in [4.78, 5) is 35.0. The summed E-state index contributed by atoms with van der Waals surface area (Å²) in [5.41, 5.74) is 0. The van der Waals surface area contributed by atoms with Crippen LogP contribution in [0.5, 0.6) is 0 Å². The third-order valence-electron chi connectivity index (χ3n) is 4.03. The molecule has 0 aliphatic heterocycles. The van der Waals surface area contributed by atoms with E-state index in [2.05, 4.69) is 12.2 Å². The van der Waals surface area contributed by atoms with Gasteiger partial charge in [-0.05, 0) is 33.9 Å². The number of hydrogen-bond donors (Lipinski definition) is 2. The number of likely N-dealkylation sites (N-methyl/N-ethyl adjacent to an activating group) is 2. The smallest absolute Gasteiger partial charge is 0.359 e. The number of nitrogens with one attached hydrogen (secondary N) is 1. The average molecular weight is 346 g/mol. The minimum absolute atomic E-state index is 0.197. The predicted octanol–water partition coefficient (Wildman–Crippen LogP) is 2.20. The topological polar surface area (TPSA) is 88.1 Å². The summed E-state index contributed by atoms with van der Waals surface area (Å²) in [5.74, 6) is -1.51. The Hall–Kier alpha value is -1.18. The molecule has 0 fully saturated rings. The van der Waals surface area contributed by atoms with E-state index in [0.717, 1.165) is 25.7 Å². The maximum Gasteiger partial charge on any atom is 0.359 e. The lowest BCUT2D eigenvalue weighted by Crippen LogP contribution is -2.44. The molecule has 2 N–H and O–H groups in total. The van der Waals surface area contributed by atoms with E-state index in [0.29, 0.717) is 13.0 Å². The lowest BCUT2D eigenvalue weighted by molar-refractivity contribution is -0.279. The van der Waals surface area contributed by atoms with Gasteiger partial charge in [-0.15, -0.1) is 0 Å². The SMILES string of the molecule is CCCCCCC(C(=O)OOCC(NCC)C(=O)O)N(C)C(C)C. The minimum Gasteiger partial charge on any atom is -0.480 e. The lowest BCUT2D eigenvalue weighted by Gasteiger charge is -2.29. The van der Waals surface area contributed by atoms with E-state index in [1.165, 1.54) is 0 Å². The molecule has 0 saturated heterocycles. The van der Waals surface area contributed by atoms with Crippen molar-refractivity contribution >= 4 is 11.9 Å². The number of carboxylic acids is 1. The summed E-state index contributed by atoms with van der Waals surface area (Å²) < 4.78 is 0. The van der Waals surface area contributed by atoms with Crippen LogP contribution >= 0.6 is 0 Å². The maximum atomic E-state index is 12.3. The Morgan fingerprint density at radius 1 is 1.17 bits per heavy atom. The van der Waals surface area contributed by atoms with Gasteiger partial charge >= 0.3 is 11.9 Å². The Kier molecular flexibility index (Phi) is 12.5. The van der Waals surface area contributed by atoms with Gasteiger partial charge in [-0.1, -0.05) is 39.5 Å². The lowest BCUT2D eigenvalue weighted by atomic mass is 10.1. The third-order valence-corrected chi connectivity index (χ3v) is 4.03. The Balaban J connectivity index is 4.49. The summed E-state index contributed by atoms with van der Waals surface area (Å²) in [7, 11) is 1.88. The molecule has 7 heteroatoms. The first kappa shape index (κ1) is 22.8. The molecule has 0 rings (SSSR count). The van der Waals surface area contributed by atoms with E-state index >= 15 is 0 Å². The molecule has 0 aromatic carbocycles. The predicted molar refractivity (Wildman–Crippen MR) is 92.6 cm³/mol. The van der Waals surface area contributed by atoms with Crippen molar-refractivity contribution < 1.29 is 24.5 Å². The Bertz CT molecular complexity index is 363. The van der Waals surface area contributed by atoms with E-state index in [4.69, 9.17) is 14.9 Å². The number of aliphatic carboxylic acids is 1. The van der Waals surface area contributed by atoms with Crippen LogP contribution in [0.3, 0.4) is 0 Å². The van der Waals surface area contributed by atoms with Crippen molar-refractivity contribution in [3.05, 3.63) is 0 Å². The van der Waals surface area contributed by atoms with Crippen molar-refractivity contribution in [3.63, 3.8) is 0 Å². The standard InChI is InChI=1S/C17H34N2O5/c1-6-8-9-10-11-15(19(5)13(3)4)17(22)24-23-12-14(16(20)21)18-7-2/h13-15,18H,6-12H2,1-5H3,(H,20,21). The second kappa shape index (κ2) is 13.1. The highest BCUT2D eigenvalue weighted by Gasteiger charge is 2.27. The number of carboxylic acid groups (broad SMARTS) is 1. The van der Waals surface area contributed by atoms with E-state index < -0.39 is 18.0 Å². The molecule has 0 aromatic rings. The van der Waals surface area contributed by atoms with Gasteiger partial charge in [0, 0.05) is 6.04 Å². The van der Waals surface area contributed by atoms with Gasteiger partial charge in [-0.25, -0.2) is 4.79 Å². The van der Waals surface area contributed by atoms with E-state index in [-0.39, 0.29) is 18.7 Å². The average Bonchev–Trinajstić information content (AvgIpc) is 2.53. The Morgan fingerprint density at radius 2 is 1.83 bits per heavy atom. The normalized spacial score (nSPS) is 14.0. The van der Waals surface area contributed by atoms with Crippen molar-refractivity contribution in [1.29, 1.82) is 0 Å². The highest BCUT2D eigenvalue weighted by atomic mass is 17.2. The monoisotopic (exact) mass is 346 g/mol. The maximum absolute atomic E-state index is 12.3. The number of rotatable bonds is 14. The molecule has 0 aromatic heterocycles. The van der Waals surface area contributed by atoms with Crippen molar-refractivity contribution in [2.45, 2.75) is 77.9 Å². The second-order valence-electron chi connectivity index (χ2n) is 6.26. The zero-order chi connectivity index (χ0) is 18.5. The number of unbranched alkanes of at least 4 members (excludes halogenated alkanes) is 3. The van der Waals surface area contributed by atoms with Gasteiger partial charge in [-0.3, -0.25) is 14.6 Å². The zero-order valence-corrected chi connectivity index (χ0v) is 15.7. The fourth-order valence-electron chi connectivity index (χ4n) is 2.29. The molecular weight excluding hydrogens is 312 g/mol. The number of nitrogens with zero attached hydrogens (tertiary/aromatic N) is 1. The molecule has 0 heterocycles. The summed E-state index contributed by atoms with van der Waals surface area (Å²) in [6.07, 6.45) is 5.01. The van der Waals surface area contributed by atoms with Crippen LogP contribution in [0.25, 0.3) is 0 Å². The van der Waals surface area contributed by atoms with Gasteiger partial charge in [0.15, 0.2) is 0 Å². The van der Waals surface area contributed by atoms with Gasteiger partial charge in [0.2, 0.25) is 0 Å². The molecule has 142 valence electrons. The molecule has 0 amide bonds. The molecule has 0 aliphatic carbocycles. The highest BCUT2D eigenvalue weighted by Crippen LogP contribution is 2.14. The fraction of sp³-hybridized carbons (Fsp3) is 0.882. The summed E-state index contributed by atoms with van der Waals surface area (Å²) >= 11 is 0. The van der Waals surface area contributed by atoms with Crippen LogP contribution in [-0.4, -0.2) is 60.3 Å². The summed E-state index contributed by atoms with van der Waals surface area (Å²) in [6, 6.07) is -1.08. The van der Waals surface area contributed by atoms with Crippen LogP contribution in [0.2, 0.25) is 0 Å².